The van der Waals surface area contributed by atoms with E-state index in [-0.39, 0.29) is 0 Å². The zero-order valence-electron chi connectivity index (χ0n) is 12.8. The van der Waals surface area contributed by atoms with Gasteiger partial charge in [-0.05, 0) is 23.8 Å². The fourth-order valence-corrected chi connectivity index (χ4v) is 3.55. The maximum absolute atomic E-state index is 5.86. The largest absolute Gasteiger partial charge is 0.380 e. The first-order chi connectivity index (χ1) is 11.8. The van der Waals surface area contributed by atoms with Crippen molar-refractivity contribution in [2.24, 2.45) is 0 Å². The Hall–Kier alpha value is -2.37. The van der Waals surface area contributed by atoms with Gasteiger partial charge in [-0.3, -0.25) is 4.68 Å². The minimum atomic E-state index is 0.574. The van der Waals surface area contributed by atoms with Crippen LogP contribution in [0.5, 0.6) is 0 Å². The van der Waals surface area contributed by atoms with Crippen LogP contribution < -0.4 is 5.32 Å². The molecular formula is C18H15ClN4S. The third-order valence-corrected chi connectivity index (χ3v) is 4.92. The van der Waals surface area contributed by atoms with E-state index in [1.54, 1.807) is 6.20 Å². The zero-order valence-corrected chi connectivity index (χ0v) is 14.4. The van der Waals surface area contributed by atoms with Gasteiger partial charge in [0.1, 0.15) is 0 Å². The maximum atomic E-state index is 5.86. The summed E-state index contributed by atoms with van der Waals surface area (Å²) in [5, 5.41) is 9.04. The Kier molecular flexibility index (Phi) is 4.19. The summed E-state index contributed by atoms with van der Waals surface area (Å²) in [6, 6.07) is 16.7. The molecule has 0 bridgehead atoms. The van der Waals surface area contributed by atoms with Crippen molar-refractivity contribution in [1.29, 1.82) is 0 Å². The Labute approximate surface area is 148 Å². The molecule has 2 heterocycles. The Morgan fingerprint density at radius 2 is 1.96 bits per heavy atom. The van der Waals surface area contributed by atoms with Gasteiger partial charge in [0, 0.05) is 22.1 Å². The fourth-order valence-electron chi connectivity index (χ4n) is 2.63. The van der Waals surface area contributed by atoms with Crippen LogP contribution in [0, 0.1) is 0 Å². The van der Waals surface area contributed by atoms with E-state index >= 15 is 0 Å². The van der Waals surface area contributed by atoms with Crippen molar-refractivity contribution in [2.75, 3.05) is 5.32 Å². The number of rotatable bonds is 5. The van der Waals surface area contributed by atoms with Crippen molar-refractivity contribution in [2.45, 2.75) is 13.1 Å². The highest BCUT2D eigenvalue weighted by molar-refractivity contribution is 7.15. The molecule has 0 spiro atoms. The molecule has 0 aliphatic heterocycles. The van der Waals surface area contributed by atoms with Crippen LogP contribution in [0.3, 0.4) is 0 Å². The SMILES string of the molecule is Clc1ncc(CNc2ccc3c(cnn3Cc3ccccc3)c2)s1. The third-order valence-electron chi connectivity index (χ3n) is 3.81. The molecule has 0 unspecified atom stereocenters. The molecule has 2 aromatic heterocycles. The van der Waals surface area contributed by atoms with Crippen LogP contribution in [-0.2, 0) is 13.1 Å². The smallest absolute Gasteiger partial charge is 0.183 e. The average Bonchev–Trinajstić information content (AvgIpc) is 3.20. The second kappa shape index (κ2) is 6.63. The van der Waals surface area contributed by atoms with E-state index in [0.717, 1.165) is 28.0 Å². The normalized spacial score (nSPS) is 11.0. The lowest BCUT2D eigenvalue weighted by molar-refractivity contribution is 0.712. The van der Waals surface area contributed by atoms with Gasteiger partial charge < -0.3 is 5.32 Å². The number of fused-ring (bicyclic) bond motifs is 1. The number of benzene rings is 2. The number of anilines is 1. The molecule has 2 aromatic carbocycles. The summed E-state index contributed by atoms with van der Waals surface area (Å²) in [7, 11) is 0. The number of nitrogens with one attached hydrogen (secondary N) is 1. The third kappa shape index (κ3) is 3.27. The molecule has 0 amide bonds. The molecule has 0 aliphatic rings. The number of thiazole rings is 1. The molecule has 6 heteroatoms. The Balaban J connectivity index is 1.52. The summed E-state index contributed by atoms with van der Waals surface area (Å²) in [5.74, 6) is 0. The van der Waals surface area contributed by atoms with Gasteiger partial charge in [-0.2, -0.15) is 5.10 Å². The zero-order chi connectivity index (χ0) is 16.4. The van der Waals surface area contributed by atoms with Crippen LogP contribution in [0.4, 0.5) is 5.69 Å². The predicted octanol–water partition coefficient (Wildman–Crippen LogP) is 4.81. The number of hydrogen-bond donors (Lipinski definition) is 1. The van der Waals surface area contributed by atoms with Gasteiger partial charge in [-0.1, -0.05) is 41.9 Å². The van der Waals surface area contributed by atoms with Crippen molar-refractivity contribution >= 4 is 39.5 Å². The highest BCUT2D eigenvalue weighted by atomic mass is 35.5. The second-order valence-corrected chi connectivity index (χ2v) is 7.19. The van der Waals surface area contributed by atoms with Gasteiger partial charge in [0.2, 0.25) is 0 Å². The molecule has 0 saturated carbocycles. The molecule has 4 aromatic rings. The van der Waals surface area contributed by atoms with E-state index in [0.29, 0.717) is 11.0 Å². The Morgan fingerprint density at radius 1 is 1.08 bits per heavy atom. The molecule has 120 valence electrons. The average molecular weight is 355 g/mol. The first kappa shape index (κ1) is 15.2. The van der Waals surface area contributed by atoms with Crippen molar-refractivity contribution in [3.63, 3.8) is 0 Å². The number of hydrogen-bond acceptors (Lipinski definition) is 4. The maximum Gasteiger partial charge on any atom is 0.183 e. The van der Waals surface area contributed by atoms with E-state index in [4.69, 9.17) is 11.6 Å². The fraction of sp³-hybridized carbons (Fsp3) is 0.111. The molecular weight excluding hydrogens is 340 g/mol. The molecule has 0 radical (unpaired) electrons. The molecule has 4 rings (SSSR count). The van der Waals surface area contributed by atoms with E-state index in [1.807, 2.05) is 16.9 Å². The summed E-state index contributed by atoms with van der Waals surface area (Å²) in [4.78, 5) is 5.16. The van der Waals surface area contributed by atoms with Gasteiger partial charge in [-0.25, -0.2) is 4.98 Å². The second-order valence-electron chi connectivity index (χ2n) is 5.49. The number of aromatic nitrogens is 3. The van der Waals surface area contributed by atoms with Crippen molar-refractivity contribution in [1.82, 2.24) is 14.8 Å². The van der Waals surface area contributed by atoms with Crippen LogP contribution in [-0.4, -0.2) is 14.8 Å². The molecule has 24 heavy (non-hydrogen) atoms. The van der Waals surface area contributed by atoms with E-state index < -0.39 is 0 Å². The lowest BCUT2D eigenvalue weighted by Crippen LogP contribution is -2.01. The van der Waals surface area contributed by atoms with E-state index in [1.165, 1.54) is 16.9 Å². The molecule has 0 fully saturated rings. The Morgan fingerprint density at radius 3 is 2.75 bits per heavy atom. The van der Waals surface area contributed by atoms with Crippen LogP contribution >= 0.6 is 22.9 Å². The van der Waals surface area contributed by atoms with Gasteiger partial charge in [0.25, 0.3) is 0 Å². The van der Waals surface area contributed by atoms with Crippen LogP contribution in [0.25, 0.3) is 10.9 Å². The summed E-state index contributed by atoms with van der Waals surface area (Å²) in [6.45, 7) is 1.49. The van der Waals surface area contributed by atoms with Crippen LogP contribution in [0.15, 0.2) is 60.9 Å². The highest BCUT2D eigenvalue weighted by Gasteiger charge is 2.05. The van der Waals surface area contributed by atoms with Crippen molar-refractivity contribution in [3.05, 3.63) is 75.8 Å². The Bertz CT molecular complexity index is 961. The molecule has 1 N–H and O–H groups in total. The number of nitrogens with zero attached hydrogens (tertiary/aromatic N) is 3. The quantitative estimate of drug-likeness (QED) is 0.559. The number of halogens is 1. The monoisotopic (exact) mass is 354 g/mol. The first-order valence-corrected chi connectivity index (χ1v) is 8.81. The van der Waals surface area contributed by atoms with Gasteiger partial charge >= 0.3 is 0 Å². The molecule has 0 atom stereocenters. The van der Waals surface area contributed by atoms with Crippen LogP contribution in [0.2, 0.25) is 4.47 Å². The lowest BCUT2D eigenvalue weighted by atomic mass is 10.2. The first-order valence-electron chi connectivity index (χ1n) is 7.61. The van der Waals surface area contributed by atoms with Gasteiger partial charge in [0.15, 0.2) is 4.47 Å². The van der Waals surface area contributed by atoms with E-state index in [2.05, 4.69) is 57.9 Å². The highest BCUT2D eigenvalue weighted by Crippen LogP contribution is 2.22. The standard InChI is InChI=1S/C18H15ClN4S/c19-18-21-11-16(24-18)10-20-15-6-7-17-14(8-15)9-22-23(17)12-13-4-2-1-3-5-13/h1-9,11,20H,10,12H2. The van der Waals surface area contributed by atoms with Crippen LogP contribution in [0.1, 0.15) is 10.4 Å². The molecule has 0 saturated heterocycles. The van der Waals surface area contributed by atoms with Crippen molar-refractivity contribution in [3.8, 4) is 0 Å². The summed E-state index contributed by atoms with van der Waals surface area (Å²) in [5.41, 5.74) is 3.43. The minimum Gasteiger partial charge on any atom is -0.380 e. The summed E-state index contributed by atoms with van der Waals surface area (Å²) in [6.07, 6.45) is 3.71. The minimum absolute atomic E-state index is 0.574. The summed E-state index contributed by atoms with van der Waals surface area (Å²) >= 11 is 7.35. The predicted molar refractivity (Wildman–Crippen MR) is 99.7 cm³/mol. The van der Waals surface area contributed by atoms with Crippen molar-refractivity contribution < 1.29 is 0 Å². The molecule has 4 nitrogen and oxygen atoms in total. The van der Waals surface area contributed by atoms with E-state index in [9.17, 15) is 0 Å². The lowest BCUT2D eigenvalue weighted by Gasteiger charge is -2.06. The summed E-state index contributed by atoms with van der Waals surface area (Å²) < 4.78 is 2.60. The molecule has 0 aliphatic carbocycles. The van der Waals surface area contributed by atoms with Gasteiger partial charge in [0.05, 0.1) is 24.8 Å². The van der Waals surface area contributed by atoms with Gasteiger partial charge in [-0.15, -0.1) is 11.3 Å². The topological polar surface area (TPSA) is 42.7 Å².